The van der Waals surface area contributed by atoms with Crippen LogP contribution in [0.2, 0.25) is 0 Å². The van der Waals surface area contributed by atoms with Gasteiger partial charge in [-0.05, 0) is 37.7 Å². The number of likely N-dealkylation sites (N-methyl/N-ethyl adjacent to an activating group) is 1. The van der Waals surface area contributed by atoms with Gasteiger partial charge < -0.3 is 9.84 Å². The maximum Gasteiger partial charge on any atom is 0.246 e. The third-order valence-electron chi connectivity index (χ3n) is 4.38. The minimum atomic E-state index is -0.377. The van der Waals surface area contributed by atoms with Gasteiger partial charge in [-0.2, -0.15) is 4.98 Å². The van der Waals surface area contributed by atoms with E-state index in [1.54, 1.807) is 0 Å². The number of nitrogens with one attached hydrogen (secondary N) is 1. The molecule has 0 aliphatic rings. The van der Waals surface area contributed by atoms with Crippen LogP contribution < -0.4 is 5.32 Å². The summed E-state index contributed by atoms with van der Waals surface area (Å²) < 4.78 is 5.27. The van der Waals surface area contributed by atoms with Crippen LogP contribution in [0.5, 0.6) is 0 Å². The molecule has 3 rings (SSSR count). The number of carbonyl (C=O) groups is 1. The fourth-order valence-electron chi connectivity index (χ4n) is 3.02. The first-order valence-corrected chi connectivity index (χ1v) is 8.89. The molecule has 0 unspecified atom stereocenters. The van der Waals surface area contributed by atoms with Gasteiger partial charge in [0.15, 0.2) is 5.82 Å². The Morgan fingerprint density at radius 3 is 2.52 bits per heavy atom. The summed E-state index contributed by atoms with van der Waals surface area (Å²) in [5, 5.41) is 6.90. The molecule has 1 aromatic heterocycles. The van der Waals surface area contributed by atoms with Crippen LogP contribution in [0.4, 0.5) is 0 Å². The summed E-state index contributed by atoms with van der Waals surface area (Å²) in [4.78, 5) is 19.0. The normalized spacial score (nSPS) is 12.1. The lowest BCUT2D eigenvalue weighted by atomic mass is 10.00. The Morgan fingerprint density at radius 1 is 1.11 bits per heavy atom. The van der Waals surface area contributed by atoms with Gasteiger partial charge in [-0.25, -0.2) is 0 Å². The van der Waals surface area contributed by atoms with Gasteiger partial charge >= 0.3 is 0 Å². The van der Waals surface area contributed by atoms with Gasteiger partial charge in [-0.1, -0.05) is 59.8 Å². The molecule has 140 valence electrons. The van der Waals surface area contributed by atoms with Gasteiger partial charge in [0, 0.05) is 6.42 Å². The molecule has 0 saturated carbocycles. The van der Waals surface area contributed by atoms with E-state index in [1.807, 2.05) is 80.5 Å². The Labute approximate surface area is 159 Å². The van der Waals surface area contributed by atoms with Crippen LogP contribution in [0.25, 0.3) is 0 Å². The van der Waals surface area contributed by atoms with E-state index in [0.717, 1.165) is 16.7 Å². The van der Waals surface area contributed by atoms with Crippen LogP contribution in [0.15, 0.2) is 59.1 Å². The molecule has 0 spiro atoms. The van der Waals surface area contributed by atoms with Crippen molar-refractivity contribution in [1.82, 2.24) is 20.4 Å². The average Bonchev–Trinajstić information content (AvgIpc) is 3.10. The molecule has 1 amide bonds. The zero-order valence-electron chi connectivity index (χ0n) is 15.8. The standard InChI is InChI=1S/C21H24N4O2/c1-15-9-7-8-12-17(15)20(25(2)3)21(26)22-14-19-23-18(24-27-19)13-16-10-5-4-6-11-16/h4-12,20H,13-14H2,1-3H3,(H,22,26)/t20-/m0/s1. The molecule has 0 aliphatic heterocycles. The Hall–Kier alpha value is -2.99. The monoisotopic (exact) mass is 364 g/mol. The predicted molar refractivity (Wildman–Crippen MR) is 103 cm³/mol. The zero-order chi connectivity index (χ0) is 19.2. The third-order valence-corrected chi connectivity index (χ3v) is 4.38. The van der Waals surface area contributed by atoms with Gasteiger partial charge in [-0.15, -0.1) is 0 Å². The van der Waals surface area contributed by atoms with Crippen LogP contribution in [0.1, 0.15) is 34.4 Å². The van der Waals surface area contributed by atoms with E-state index in [4.69, 9.17) is 4.52 Å². The van der Waals surface area contributed by atoms with Crippen LogP contribution in [0, 0.1) is 6.92 Å². The van der Waals surface area contributed by atoms with Crippen molar-refractivity contribution in [3.63, 3.8) is 0 Å². The van der Waals surface area contributed by atoms with Gasteiger partial charge in [-0.3, -0.25) is 9.69 Å². The van der Waals surface area contributed by atoms with Crippen molar-refractivity contribution in [2.24, 2.45) is 0 Å². The Kier molecular flexibility index (Phi) is 5.98. The number of aromatic nitrogens is 2. The van der Waals surface area contributed by atoms with Crippen LogP contribution >= 0.6 is 0 Å². The Morgan fingerprint density at radius 2 is 1.81 bits per heavy atom. The Balaban J connectivity index is 1.63. The summed E-state index contributed by atoms with van der Waals surface area (Å²) >= 11 is 0. The lowest BCUT2D eigenvalue weighted by Gasteiger charge is -2.25. The number of hydrogen-bond donors (Lipinski definition) is 1. The number of rotatable bonds is 7. The van der Waals surface area contributed by atoms with E-state index in [0.29, 0.717) is 18.1 Å². The quantitative estimate of drug-likeness (QED) is 0.698. The molecule has 2 aromatic carbocycles. The van der Waals surface area contributed by atoms with Crippen molar-refractivity contribution in [2.45, 2.75) is 25.9 Å². The van der Waals surface area contributed by atoms with Crippen molar-refractivity contribution in [3.05, 3.63) is 83.0 Å². The topological polar surface area (TPSA) is 71.3 Å². The molecule has 0 aliphatic carbocycles. The highest BCUT2D eigenvalue weighted by Crippen LogP contribution is 2.22. The summed E-state index contributed by atoms with van der Waals surface area (Å²) in [5.74, 6) is 0.905. The second-order valence-electron chi connectivity index (χ2n) is 6.71. The van der Waals surface area contributed by atoms with Crippen molar-refractivity contribution in [3.8, 4) is 0 Å². The number of benzene rings is 2. The fourth-order valence-corrected chi connectivity index (χ4v) is 3.02. The maximum absolute atomic E-state index is 12.8. The van der Waals surface area contributed by atoms with Gasteiger partial charge in [0.05, 0.1) is 6.54 Å². The van der Waals surface area contributed by atoms with E-state index in [1.165, 1.54) is 0 Å². The minimum Gasteiger partial charge on any atom is -0.345 e. The molecular weight excluding hydrogens is 340 g/mol. The second-order valence-corrected chi connectivity index (χ2v) is 6.71. The highest BCUT2D eigenvalue weighted by molar-refractivity contribution is 5.83. The molecular formula is C21H24N4O2. The molecule has 0 bridgehead atoms. The summed E-state index contributed by atoms with van der Waals surface area (Å²) in [7, 11) is 3.78. The SMILES string of the molecule is Cc1ccccc1[C@@H](C(=O)NCc1nc(Cc2ccccc2)no1)N(C)C. The molecule has 0 fully saturated rings. The molecule has 6 nitrogen and oxygen atoms in total. The summed E-state index contributed by atoms with van der Waals surface area (Å²) in [6.07, 6.45) is 0.599. The highest BCUT2D eigenvalue weighted by atomic mass is 16.5. The van der Waals surface area contributed by atoms with Crippen molar-refractivity contribution in [1.29, 1.82) is 0 Å². The molecule has 3 aromatic rings. The molecule has 6 heteroatoms. The lowest BCUT2D eigenvalue weighted by Crippen LogP contribution is -2.37. The Bertz CT molecular complexity index is 890. The number of amides is 1. The fraction of sp³-hybridized carbons (Fsp3) is 0.286. The average molecular weight is 364 g/mol. The van der Waals surface area contributed by atoms with E-state index >= 15 is 0 Å². The lowest BCUT2D eigenvalue weighted by molar-refractivity contribution is -0.126. The molecule has 1 N–H and O–H groups in total. The van der Waals surface area contributed by atoms with Crippen LogP contribution in [-0.4, -0.2) is 35.0 Å². The van der Waals surface area contributed by atoms with E-state index in [-0.39, 0.29) is 18.5 Å². The molecule has 0 radical (unpaired) electrons. The van der Waals surface area contributed by atoms with E-state index in [9.17, 15) is 4.79 Å². The van der Waals surface area contributed by atoms with Gasteiger partial charge in [0.1, 0.15) is 6.04 Å². The van der Waals surface area contributed by atoms with Gasteiger partial charge in [0.25, 0.3) is 0 Å². The summed E-state index contributed by atoms with van der Waals surface area (Å²) in [6.45, 7) is 2.21. The molecule has 0 saturated heterocycles. The van der Waals surface area contributed by atoms with Crippen molar-refractivity contribution >= 4 is 5.91 Å². The molecule has 1 atom stereocenters. The van der Waals surface area contributed by atoms with Crippen LogP contribution in [-0.2, 0) is 17.8 Å². The number of aryl methyl sites for hydroxylation is 1. The third kappa shape index (κ3) is 4.80. The predicted octanol–water partition coefficient (Wildman–Crippen LogP) is 2.89. The largest absolute Gasteiger partial charge is 0.345 e. The minimum absolute atomic E-state index is 0.0999. The van der Waals surface area contributed by atoms with Gasteiger partial charge in [0.2, 0.25) is 11.8 Å². The maximum atomic E-state index is 12.8. The van der Waals surface area contributed by atoms with Crippen molar-refractivity contribution < 1.29 is 9.32 Å². The second kappa shape index (κ2) is 8.60. The number of hydrogen-bond acceptors (Lipinski definition) is 5. The first kappa shape index (κ1) is 18.8. The molecule has 1 heterocycles. The highest BCUT2D eigenvalue weighted by Gasteiger charge is 2.24. The smallest absolute Gasteiger partial charge is 0.246 e. The first-order valence-electron chi connectivity index (χ1n) is 8.89. The van der Waals surface area contributed by atoms with E-state index in [2.05, 4.69) is 15.5 Å². The number of nitrogens with zero attached hydrogens (tertiary/aromatic N) is 3. The summed E-state index contributed by atoms with van der Waals surface area (Å²) in [6, 6.07) is 17.5. The first-order chi connectivity index (χ1) is 13.0. The summed E-state index contributed by atoms with van der Waals surface area (Å²) in [5.41, 5.74) is 3.17. The van der Waals surface area contributed by atoms with Crippen LogP contribution in [0.3, 0.4) is 0 Å². The van der Waals surface area contributed by atoms with E-state index < -0.39 is 0 Å². The van der Waals surface area contributed by atoms with Crippen molar-refractivity contribution in [2.75, 3.05) is 14.1 Å². The molecule has 27 heavy (non-hydrogen) atoms. The zero-order valence-corrected chi connectivity index (χ0v) is 15.8. The number of carbonyl (C=O) groups excluding carboxylic acids is 1.